The Balaban J connectivity index is 1.59. The molecule has 0 aromatic carbocycles. The van der Waals surface area contributed by atoms with Gasteiger partial charge < -0.3 is 14.7 Å². The first-order valence-electron chi connectivity index (χ1n) is 9.12. The van der Waals surface area contributed by atoms with E-state index < -0.39 is 0 Å². The predicted octanol–water partition coefficient (Wildman–Crippen LogP) is 2.59. The van der Waals surface area contributed by atoms with Crippen molar-refractivity contribution in [2.45, 2.75) is 39.8 Å². The predicted molar refractivity (Wildman–Crippen MR) is 104 cm³/mol. The molecule has 6 nitrogen and oxygen atoms in total. The van der Waals surface area contributed by atoms with Gasteiger partial charge in [-0.05, 0) is 52.9 Å². The molecule has 2 aromatic heterocycles. The van der Waals surface area contributed by atoms with Crippen LogP contribution in [0.4, 0.5) is 0 Å². The van der Waals surface area contributed by atoms with E-state index in [1.807, 2.05) is 33.3 Å². The number of carbonyl (C=O) groups is 1. The Hall–Kier alpha value is -1.70. The van der Waals surface area contributed by atoms with Crippen molar-refractivity contribution in [2.24, 2.45) is 0 Å². The second kappa shape index (κ2) is 8.33. The number of carbonyl (C=O) groups excluding carboxylic acids is 1. The normalized spacial score (nSPS) is 14.7. The molecule has 2 aromatic rings. The van der Waals surface area contributed by atoms with Crippen LogP contribution in [0.3, 0.4) is 0 Å². The van der Waals surface area contributed by atoms with Crippen LogP contribution >= 0.6 is 11.3 Å². The quantitative estimate of drug-likeness (QED) is 0.753. The summed E-state index contributed by atoms with van der Waals surface area (Å²) in [4.78, 5) is 18.3. The molecule has 3 rings (SSSR count). The molecule has 26 heavy (non-hydrogen) atoms. The minimum atomic E-state index is 0.0698. The summed E-state index contributed by atoms with van der Waals surface area (Å²) in [5.74, 6) is 0.970. The molecular formula is C19H28N4O2S. The third-order valence-electron chi connectivity index (χ3n) is 4.90. The van der Waals surface area contributed by atoms with Gasteiger partial charge in [0.15, 0.2) is 0 Å². The SMILES string of the molecule is Cc1noc(C)c1CN1CCc2c(C(=O)NCCCN(C)C)csc2C1. The van der Waals surface area contributed by atoms with Gasteiger partial charge in [0.1, 0.15) is 5.76 Å². The molecule has 0 spiro atoms. The number of fused-ring (bicyclic) bond motifs is 1. The van der Waals surface area contributed by atoms with Gasteiger partial charge in [-0.15, -0.1) is 11.3 Å². The molecular weight excluding hydrogens is 348 g/mol. The number of rotatable bonds is 7. The fourth-order valence-corrected chi connectivity index (χ4v) is 4.47. The number of hydrogen-bond acceptors (Lipinski definition) is 6. The highest BCUT2D eigenvalue weighted by atomic mass is 32.1. The maximum Gasteiger partial charge on any atom is 0.252 e. The van der Waals surface area contributed by atoms with E-state index >= 15 is 0 Å². The zero-order valence-corrected chi connectivity index (χ0v) is 16.9. The van der Waals surface area contributed by atoms with Gasteiger partial charge in [0.2, 0.25) is 0 Å². The van der Waals surface area contributed by atoms with Crippen molar-refractivity contribution in [3.63, 3.8) is 0 Å². The summed E-state index contributed by atoms with van der Waals surface area (Å²) in [5.41, 5.74) is 4.25. The van der Waals surface area contributed by atoms with Crippen molar-refractivity contribution in [2.75, 3.05) is 33.7 Å². The molecule has 0 saturated heterocycles. The molecule has 1 N–H and O–H groups in total. The Morgan fingerprint density at radius 2 is 2.23 bits per heavy atom. The highest BCUT2D eigenvalue weighted by Crippen LogP contribution is 2.30. The smallest absolute Gasteiger partial charge is 0.252 e. The average Bonchev–Trinajstić information content (AvgIpc) is 3.16. The second-order valence-electron chi connectivity index (χ2n) is 7.23. The number of nitrogens with one attached hydrogen (secondary N) is 1. The van der Waals surface area contributed by atoms with E-state index in [9.17, 15) is 4.79 Å². The van der Waals surface area contributed by atoms with Crippen molar-refractivity contribution in [3.8, 4) is 0 Å². The highest BCUT2D eigenvalue weighted by molar-refractivity contribution is 7.10. The minimum absolute atomic E-state index is 0.0698. The van der Waals surface area contributed by atoms with E-state index in [1.165, 1.54) is 16.0 Å². The van der Waals surface area contributed by atoms with Crippen LogP contribution in [0.1, 0.15) is 44.2 Å². The van der Waals surface area contributed by atoms with Crippen molar-refractivity contribution < 1.29 is 9.32 Å². The van der Waals surface area contributed by atoms with Crippen LogP contribution in [-0.2, 0) is 19.5 Å². The lowest BCUT2D eigenvalue weighted by molar-refractivity contribution is 0.0951. The topological polar surface area (TPSA) is 61.6 Å². The van der Waals surface area contributed by atoms with E-state index in [1.54, 1.807) is 11.3 Å². The average molecular weight is 377 g/mol. The van der Waals surface area contributed by atoms with Crippen molar-refractivity contribution in [1.82, 2.24) is 20.3 Å². The van der Waals surface area contributed by atoms with E-state index in [4.69, 9.17) is 4.52 Å². The van der Waals surface area contributed by atoms with Crippen LogP contribution in [-0.4, -0.2) is 54.6 Å². The maximum absolute atomic E-state index is 12.5. The number of nitrogens with zero attached hydrogens (tertiary/aromatic N) is 3. The number of hydrogen-bond donors (Lipinski definition) is 1. The van der Waals surface area contributed by atoms with Gasteiger partial charge in [0.25, 0.3) is 5.91 Å². The zero-order valence-electron chi connectivity index (χ0n) is 16.1. The van der Waals surface area contributed by atoms with E-state index in [0.29, 0.717) is 0 Å². The zero-order chi connectivity index (χ0) is 18.7. The second-order valence-corrected chi connectivity index (χ2v) is 8.19. The molecule has 0 saturated carbocycles. The van der Waals surface area contributed by atoms with Crippen LogP contribution in [0.5, 0.6) is 0 Å². The third kappa shape index (κ3) is 4.34. The van der Waals surface area contributed by atoms with Crippen molar-refractivity contribution in [1.29, 1.82) is 0 Å². The van der Waals surface area contributed by atoms with Crippen molar-refractivity contribution >= 4 is 17.2 Å². The summed E-state index contributed by atoms with van der Waals surface area (Å²) in [6, 6.07) is 0. The van der Waals surface area contributed by atoms with Crippen LogP contribution in [0.2, 0.25) is 0 Å². The van der Waals surface area contributed by atoms with Gasteiger partial charge in [0, 0.05) is 42.0 Å². The summed E-state index contributed by atoms with van der Waals surface area (Å²) in [7, 11) is 4.09. The Morgan fingerprint density at radius 3 is 2.92 bits per heavy atom. The van der Waals surface area contributed by atoms with Crippen molar-refractivity contribution in [3.05, 3.63) is 38.4 Å². The molecule has 3 heterocycles. The highest BCUT2D eigenvalue weighted by Gasteiger charge is 2.25. The van der Waals surface area contributed by atoms with Gasteiger partial charge in [-0.2, -0.15) is 0 Å². The third-order valence-corrected chi connectivity index (χ3v) is 5.91. The fraction of sp³-hybridized carbons (Fsp3) is 0.579. The Kier molecular flexibility index (Phi) is 6.11. The molecule has 0 bridgehead atoms. The number of thiophene rings is 1. The van der Waals surface area contributed by atoms with Crippen LogP contribution in [0.25, 0.3) is 0 Å². The standard InChI is InChI=1S/C19H28N4O2S/c1-13-16(14(2)25-21-13)10-23-9-6-15-17(12-26-18(15)11-23)19(24)20-7-5-8-22(3)4/h12H,5-11H2,1-4H3,(H,20,24). The molecule has 0 atom stereocenters. The summed E-state index contributed by atoms with van der Waals surface area (Å²) < 4.78 is 5.27. The largest absolute Gasteiger partial charge is 0.361 e. The molecule has 1 aliphatic heterocycles. The first kappa shape index (κ1) is 19.1. The molecule has 7 heteroatoms. The molecule has 142 valence electrons. The summed E-state index contributed by atoms with van der Waals surface area (Å²) in [5, 5.41) is 9.12. The summed E-state index contributed by atoms with van der Waals surface area (Å²) in [6.45, 7) is 8.36. The first-order chi connectivity index (χ1) is 12.5. The number of amides is 1. The lowest BCUT2D eigenvalue weighted by Gasteiger charge is -2.27. The molecule has 1 amide bonds. The summed E-state index contributed by atoms with van der Waals surface area (Å²) in [6.07, 6.45) is 1.89. The monoisotopic (exact) mass is 376 g/mol. The van der Waals surface area contributed by atoms with Gasteiger partial charge in [-0.3, -0.25) is 9.69 Å². The Morgan fingerprint density at radius 1 is 1.42 bits per heavy atom. The van der Waals surface area contributed by atoms with Crippen LogP contribution in [0.15, 0.2) is 9.90 Å². The van der Waals surface area contributed by atoms with Crippen LogP contribution < -0.4 is 5.32 Å². The molecule has 0 fully saturated rings. The molecule has 0 radical (unpaired) electrons. The van der Waals surface area contributed by atoms with Gasteiger partial charge in [-0.1, -0.05) is 5.16 Å². The molecule has 0 aliphatic carbocycles. The van der Waals surface area contributed by atoms with Gasteiger partial charge in [0.05, 0.1) is 11.3 Å². The Bertz CT molecular complexity index is 746. The number of aromatic nitrogens is 1. The van der Waals surface area contributed by atoms with Gasteiger partial charge in [-0.25, -0.2) is 0 Å². The maximum atomic E-state index is 12.5. The van der Waals surface area contributed by atoms with E-state index in [0.717, 1.165) is 62.6 Å². The van der Waals surface area contributed by atoms with Crippen LogP contribution in [0, 0.1) is 13.8 Å². The lowest BCUT2D eigenvalue weighted by Crippen LogP contribution is -2.32. The minimum Gasteiger partial charge on any atom is -0.361 e. The molecule has 1 aliphatic rings. The van der Waals surface area contributed by atoms with E-state index in [-0.39, 0.29) is 5.91 Å². The summed E-state index contributed by atoms with van der Waals surface area (Å²) >= 11 is 1.70. The van der Waals surface area contributed by atoms with E-state index in [2.05, 4.69) is 20.3 Å². The lowest BCUT2D eigenvalue weighted by atomic mass is 10.0. The first-order valence-corrected chi connectivity index (χ1v) is 10.00. The fourth-order valence-electron chi connectivity index (χ4n) is 3.35. The number of aryl methyl sites for hydroxylation is 2. The Labute approximate surface area is 159 Å². The molecule has 0 unspecified atom stereocenters. The van der Waals surface area contributed by atoms with Gasteiger partial charge >= 0.3 is 0 Å².